The van der Waals surface area contributed by atoms with Gasteiger partial charge in [0.05, 0.1) is 6.10 Å². The maximum atomic E-state index is 5.25. The molecule has 1 N–H and O–H groups in total. The normalized spacial score (nSPS) is 10.7. The summed E-state index contributed by atoms with van der Waals surface area (Å²) >= 11 is 5.21. The molecule has 0 unspecified atom stereocenters. The highest BCUT2D eigenvalue weighted by Crippen LogP contribution is 1.88. The van der Waals surface area contributed by atoms with Gasteiger partial charge in [-0.25, -0.2) is 4.84 Å². The molecule has 0 aromatic carbocycles. The highest BCUT2D eigenvalue weighted by molar-refractivity contribution is 6.13. The second kappa shape index (κ2) is 6.33. The minimum Gasteiger partial charge on any atom is -0.379 e. The Hall–Kier alpha value is 0.210. The third-order valence-corrected chi connectivity index (χ3v) is 1.06. The average molecular weight is 152 g/mol. The molecule has 0 saturated carbocycles. The van der Waals surface area contributed by atoms with Crippen molar-refractivity contribution in [1.29, 1.82) is 0 Å². The van der Waals surface area contributed by atoms with Crippen LogP contribution in [-0.2, 0) is 4.74 Å². The lowest BCUT2D eigenvalue weighted by atomic mass is 10.4. The molecule has 0 saturated heterocycles. The minimum atomic E-state index is 0.334. The summed E-state index contributed by atoms with van der Waals surface area (Å²) in [5, 5.41) is 0. The van der Waals surface area contributed by atoms with E-state index in [0.29, 0.717) is 6.10 Å². The van der Waals surface area contributed by atoms with Gasteiger partial charge in [-0.3, -0.25) is 0 Å². The van der Waals surface area contributed by atoms with Gasteiger partial charge in [-0.15, -0.1) is 0 Å². The van der Waals surface area contributed by atoms with Gasteiger partial charge in [-0.05, 0) is 32.0 Å². The maximum Gasteiger partial charge on any atom is 0.0518 e. The maximum absolute atomic E-state index is 5.25. The van der Waals surface area contributed by atoms with Crippen molar-refractivity contribution in [2.24, 2.45) is 0 Å². The van der Waals surface area contributed by atoms with Gasteiger partial charge >= 0.3 is 0 Å². The Morgan fingerprint density at radius 2 is 2.22 bits per heavy atom. The van der Waals surface area contributed by atoms with E-state index in [4.69, 9.17) is 16.5 Å². The van der Waals surface area contributed by atoms with Crippen molar-refractivity contribution in [3.05, 3.63) is 0 Å². The van der Waals surface area contributed by atoms with Crippen molar-refractivity contribution in [3.63, 3.8) is 0 Å². The molecular weight excluding hydrogens is 138 g/mol. The fourth-order valence-corrected chi connectivity index (χ4v) is 0.592. The zero-order valence-corrected chi connectivity index (χ0v) is 6.74. The first kappa shape index (κ1) is 9.21. The standard InChI is InChI=1S/C6H14ClNO/c1-6(2)9-5-3-4-8-7/h6,8H,3-5H2,1-2H3. The summed E-state index contributed by atoms with van der Waals surface area (Å²) in [5.74, 6) is 0. The van der Waals surface area contributed by atoms with Gasteiger partial charge in [0.15, 0.2) is 0 Å². The van der Waals surface area contributed by atoms with Crippen LogP contribution in [0.15, 0.2) is 0 Å². The predicted octanol–water partition coefficient (Wildman–Crippen LogP) is 1.54. The fraction of sp³-hybridized carbons (Fsp3) is 1.00. The highest BCUT2D eigenvalue weighted by atomic mass is 35.5. The molecule has 0 rings (SSSR count). The molecule has 0 spiro atoms. The van der Waals surface area contributed by atoms with Gasteiger partial charge in [0.2, 0.25) is 0 Å². The first-order valence-electron chi connectivity index (χ1n) is 3.22. The van der Waals surface area contributed by atoms with E-state index in [9.17, 15) is 0 Å². The van der Waals surface area contributed by atoms with E-state index in [0.717, 1.165) is 19.6 Å². The molecule has 9 heavy (non-hydrogen) atoms. The van der Waals surface area contributed by atoms with E-state index >= 15 is 0 Å². The van der Waals surface area contributed by atoms with Crippen molar-refractivity contribution < 1.29 is 4.74 Å². The Kier molecular flexibility index (Phi) is 6.48. The van der Waals surface area contributed by atoms with Crippen LogP contribution in [0.2, 0.25) is 0 Å². The molecule has 0 heterocycles. The molecule has 0 aliphatic carbocycles. The van der Waals surface area contributed by atoms with E-state index < -0.39 is 0 Å². The molecule has 0 atom stereocenters. The summed E-state index contributed by atoms with van der Waals surface area (Å²) in [4.78, 5) is 2.53. The summed E-state index contributed by atoms with van der Waals surface area (Å²) in [6, 6.07) is 0. The molecule has 0 aromatic heterocycles. The molecule has 0 amide bonds. The largest absolute Gasteiger partial charge is 0.379 e. The highest BCUT2D eigenvalue weighted by Gasteiger charge is 1.90. The number of rotatable bonds is 5. The number of hydrogen-bond acceptors (Lipinski definition) is 2. The molecule has 0 aliphatic rings. The SMILES string of the molecule is CC(C)OCCCNCl. The second-order valence-corrected chi connectivity index (χ2v) is 2.42. The summed E-state index contributed by atoms with van der Waals surface area (Å²) < 4.78 is 5.25. The monoisotopic (exact) mass is 151 g/mol. The number of nitrogens with one attached hydrogen (secondary N) is 1. The van der Waals surface area contributed by atoms with E-state index in [-0.39, 0.29) is 0 Å². The molecule has 2 nitrogen and oxygen atoms in total. The lowest BCUT2D eigenvalue weighted by molar-refractivity contribution is 0.0778. The predicted molar refractivity (Wildman–Crippen MR) is 39.6 cm³/mol. The number of halogens is 1. The van der Waals surface area contributed by atoms with E-state index in [2.05, 4.69) is 4.84 Å². The molecule has 56 valence electrons. The van der Waals surface area contributed by atoms with Crippen LogP contribution < -0.4 is 4.84 Å². The smallest absolute Gasteiger partial charge is 0.0518 e. The van der Waals surface area contributed by atoms with Crippen molar-refractivity contribution in [3.8, 4) is 0 Å². The second-order valence-electron chi connectivity index (χ2n) is 2.16. The van der Waals surface area contributed by atoms with Gasteiger partial charge in [-0.1, -0.05) is 0 Å². The molecule has 3 heteroatoms. The summed E-state index contributed by atoms with van der Waals surface area (Å²) in [6.45, 7) is 5.65. The molecule has 0 bridgehead atoms. The molecular formula is C6H14ClNO. The van der Waals surface area contributed by atoms with Crippen molar-refractivity contribution in [2.45, 2.75) is 26.4 Å². The Balaban J connectivity index is 2.75. The van der Waals surface area contributed by atoms with Crippen LogP contribution >= 0.6 is 11.8 Å². The summed E-state index contributed by atoms with van der Waals surface area (Å²) in [7, 11) is 0. The molecule has 0 fully saturated rings. The van der Waals surface area contributed by atoms with Crippen LogP contribution in [0.3, 0.4) is 0 Å². The van der Waals surface area contributed by atoms with Crippen LogP contribution in [0, 0.1) is 0 Å². The lowest BCUT2D eigenvalue weighted by Crippen LogP contribution is -2.09. The minimum absolute atomic E-state index is 0.334. The molecule has 0 aromatic rings. The fourth-order valence-electron chi connectivity index (χ4n) is 0.458. The van der Waals surface area contributed by atoms with Crippen molar-refractivity contribution >= 4 is 11.8 Å². The summed E-state index contributed by atoms with van der Waals surface area (Å²) in [5.41, 5.74) is 0. The van der Waals surface area contributed by atoms with E-state index in [1.165, 1.54) is 0 Å². The van der Waals surface area contributed by atoms with E-state index in [1.807, 2.05) is 13.8 Å². The first-order valence-corrected chi connectivity index (χ1v) is 3.60. The van der Waals surface area contributed by atoms with E-state index in [1.54, 1.807) is 0 Å². The summed E-state index contributed by atoms with van der Waals surface area (Å²) in [6.07, 6.45) is 1.31. The molecule has 0 radical (unpaired) electrons. The first-order chi connectivity index (χ1) is 4.27. The van der Waals surface area contributed by atoms with Crippen LogP contribution in [0.5, 0.6) is 0 Å². The zero-order chi connectivity index (χ0) is 7.11. The third-order valence-electron chi connectivity index (χ3n) is 0.867. The number of hydrogen-bond donors (Lipinski definition) is 1. The van der Waals surface area contributed by atoms with Crippen molar-refractivity contribution in [2.75, 3.05) is 13.2 Å². The average Bonchev–Trinajstić information content (AvgIpc) is 1.80. The lowest BCUT2D eigenvalue weighted by Gasteiger charge is -2.05. The van der Waals surface area contributed by atoms with Gasteiger partial charge in [0, 0.05) is 13.2 Å². The van der Waals surface area contributed by atoms with Gasteiger partial charge < -0.3 is 4.74 Å². The van der Waals surface area contributed by atoms with Crippen LogP contribution in [-0.4, -0.2) is 19.3 Å². The zero-order valence-electron chi connectivity index (χ0n) is 5.98. The Labute approximate surface area is 61.6 Å². The van der Waals surface area contributed by atoms with Gasteiger partial charge in [0.25, 0.3) is 0 Å². The van der Waals surface area contributed by atoms with Crippen molar-refractivity contribution in [1.82, 2.24) is 4.84 Å². The Bertz CT molecular complexity index is 59.0. The van der Waals surface area contributed by atoms with Crippen LogP contribution in [0.4, 0.5) is 0 Å². The van der Waals surface area contributed by atoms with Crippen LogP contribution in [0.25, 0.3) is 0 Å². The van der Waals surface area contributed by atoms with Gasteiger partial charge in [-0.2, -0.15) is 0 Å². The Morgan fingerprint density at radius 1 is 1.56 bits per heavy atom. The third kappa shape index (κ3) is 8.21. The van der Waals surface area contributed by atoms with Crippen LogP contribution in [0.1, 0.15) is 20.3 Å². The quantitative estimate of drug-likeness (QED) is 0.476. The van der Waals surface area contributed by atoms with Gasteiger partial charge in [0.1, 0.15) is 0 Å². The Morgan fingerprint density at radius 3 is 2.67 bits per heavy atom. The molecule has 0 aliphatic heterocycles. The topological polar surface area (TPSA) is 21.3 Å². The number of ether oxygens (including phenoxy) is 1.